The molecule has 0 saturated carbocycles. The Balaban J connectivity index is 2.07. The molecular formula is C10H13ClN2OS. The summed E-state index contributed by atoms with van der Waals surface area (Å²) in [5.74, 6) is 0.151. The number of rotatable bonds is 2. The summed E-state index contributed by atoms with van der Waals surface area (Å²) in [5, 5.41) is 3.23. The molecule has 0 bridgehead atoms. The standard InChI is InChI=1S/C10H13ClN2OS/c1-13-5-4-12-7(6-13)10(14)8-2-3-9(11)15-8/h2-3,7,12H,4-6H2,1H3. The number of ketones is 1. The van der Waals surface area contributed by atoms with Gasteiger partial charge in [-0.05, 0) is 19.2 Å². The van der Waals surface area contributed by atoms with Gasteiger partial charge in [0.25, 0.3) is 0 Å². The number of piperazine rings is 1. The highest BCUT2D eigenvalue weighted by atomic mass is 35.5. The van der Waals surface area contributed by atoms with Crippen molar-refractivity contribution in [1.29, 1.82) is 0 Å². The number of hydrogen-bond donors (Lipinski definition) is 1. The van der Waals surface area contributed by atoms with Crippen molar-refractivity contribution in [3.05, 3.63) is 21.3 Å². The van der Waals surface area contributed by atoms with E-state index in [4.69, 9.17) is 11.6 Å². The Morgan fingerprint density at radius 1 is 1.67 bits per heavy atom. The second-order valence-corrected chi connectivity index (χ2v) is 5.45. The smallest absolute Gasteiger partial charge is 0.190 e. The minimum atomic E-state index is -0.0848. The van der Waals surface area contributed by atoms with E-state index in [9.17, 15) is 4.79 Å². The van der Waals surface area contributed by atoms with E-state index in [0.717, 1.165) is 24.5 Å². The van der Waals surface area contributed by atoms with Crippen LogP contribution in [0.25, 0.3) is 0 Å². The minimum absolute atomic E-state index is 0.0848. The van der Waals surface area contributed by atoms with Crippen LogP contribution in [0.15, 0.2) is 12.1 Å². The molecule has 0 spiro atoms. The van der Waals surface area contributed by atoms with Crippen LogP contribution in [0.4, 0.5) is 0 Å². The Morgan fingerprint density at radius 3 is 3.07 bits per heavy atom. The van der Waals surface area contributed by atoms with Gasteiger partial charge < -0.3 is 10.2 Å². The maximum atomic E-state index is 12.0. The van der Waals surface area contributed by atoms with Crippen LogP contribution in [0.5, 0.6) is 0 Å². The van der Waals surface area contributed by atoms with Gasteiger partial charge in [0, 0.05) is 19.6 Å². The third-order valence-corrected chi connectivity index (χ3v) is 3.76. The molecule has 1 saturated heterocycles. The monoisotopic (exact) mass is 244 g/mol. The Kier molecular flexibility index (Phi) is 3.41. The van der Waals surface area contributed by atoms with Gasteiger partial charge >= 0.3 is 0 Å². The number of nitrogens with one attached hydrogen (secondary N) is 1. The first-order valence-electron chi connectivity index (χ1n) is 4.88. The molecule has 1 aliphatic heterocycles. The van der Waals surface area contributed by atoms with E-state index >= 15 is 0 Å². The molecule has 0 radical (unpaired) electrons. The maximum Gasteiger partial charge on any atom is 0.190 e. The first kappa shape index (κ1) is 11.1. The van der Waals surface area contributed by atoms with Crippen LogP contribution in [0.2, 0.25) is 4.34 Å². The highest BCUT2D eigenvalue weighted by Crippen LogP contribution is 2.22. The van der Waals surface area contributed by atoms with Crippen molar-refractivity contribution in [3.63, 3.8) is 0 Å². The predicted molar refractivity (Wildman–Crippen MR) is 62.9 cm³/mol. The van der Waals surface area contributed by atoms with E-state index in [1.54, 1.807) is 12.1 Å². The van der Waals surface area contributed by atoms with Crippen molar-refractivity contribution >= 4 is 28.7 Å². The van der Waals surface area contributed by atoms with Crippen molar-refractivity contribution in [1.82, 2.24) is 10.2 Å². The minimum Gasteiger partial charge on any atom is -0.305 e. The van der Waals surface area contributed by atoms with Crippen LogP contribution in [0.1, 0.15) is 9.67 Å². The highest BCUT2D eigenvalue weighted by molar-refractivity contribution is 7.18. The average molecular weight is 245 g/mol. The van der Waals surface area contributed by atoms with Crippen molar-refractivity contribution in [2.45, 2.75) is 6.04 Å². The van der Waals surface area contributed by atoms with Crippen molar-refractivity contribution in [2.24, 2.45) is 0 Å². The van der Waals surface area contributed by atoms with Gasteiger partial charge in [0.2, 0.25) is 0 Å². The fourth-order valence-electron chi connectivity index (χ4n) is 1.69. The Bertz CT molecular complexity index is 366. The molecule has 1 aliphatic rings. The summed E-state index contributed by atoms with van der Waals surface area (Å²) in [6.45, 7) is 2.63. The van der Waals surface area contributed by atoms with Crippen molar-refractivity contribution < 1.29 is 4.79 Å². The van der Waals surface area contributed by atoms with Gasteiger partial charge in [0.05, 0.1) is 15.3 Å². The van der Waals surface area contributed by atoms with Crippen LogP contribution < -0.4 is 5.32 Å². The third kappa shape index (κ3) is 2.58. The fraction of sp³-hybridized carbons (Fsp3) is 0.500. The number of carbonyl (C=O) groups excluding carboxylic acids is 1. The van der Waals surface area contributed by atoms with Crippen LogP contribution in [-0.4, -0.2) is 43.4 Å². The zero-order valence-electron chi connectivity index (χ0n) is 8.50. The molecule has 1 unspecified atom stereocenters. The first-order valence-corrected chi connectivity index (χ1v) is 6.08. The Morgan fingerprint density at radius 2 is 2.47 bits per heavy atom. The number of nitrogens with zero attached hydrogens (tertiary/aromatic N) is 1. The summed E-state index contributed by atoms with van der Waals surface area (Å²) in [7, 11) is 2.03. The summed E-state index contributed by atoms with van der Waals surface area (Å²) < 4.78 is 0.669. The molecule has 1 aromatic heterocycles. The molecule has 1 N–H and O–H groups in total. The normalized spacial score (nSPS) is 22.9. The van der Waals surface area contributed by atoms with Gasteiger partial charge in [-0.25, -0.2) is 0 Å². The number of likely N-dealkylation sites (N-methyl/N-ethyl adjacent to an activating group) is 1. The molecule has 1 aromatic rings. The fourth-order valence-corrected chi connectivity index (χ4v) is 2.73. The van der Waals surface area contributed by atoms with Gasteiger partial charge in [0.1, 0.15) is 0 Å². The van der Waals surface area contributed by atoms with E-state index in [1.165, 1.54) is 11.3 Å². The number of carbonyl (C=O) groups is 1. The average Bonchev–Trinajstić information content (AvgIpc) is 2.64. The Hall–Kier alpha value is -0.420. The summed E-state index contributed by atoms with van der Waals surface area (Å²) in [6, 6.07) is 3.48. The molecule has 0 aliphatic carbocycles. The third-order valence-electron chi connectivity index (χ3n) is 2.51. The van der Waals surface area contributed by atoms with Crippen LogP contribution in [0.3, 0.4) is 0 Å². The van der Waals surface area contributed by atoms with Crippen LogP contribution >= 0.6 is 22.9 Å². The van der Waals surface area contributed by atoms with E-state index < -0.39 is 0 Å². The molecule has 1 fully saturated rings. The SMILES string of the molecule is CN1CCNC(C(=O)c2ccc(Cl)s2)C1. The molecule has 0 aromatic carbocycles. The van der Waals surface area contributed by atoms with Gasteiger partial charge in [-0.1, -0.05) is 11.6 Å². The summed E-state index contributed by atoms with van der Waals surface area (Å²) in [4.78, 5) is 14.9. The zero-order chi connectivity index (χ0) is 10.8. The van der Waals surface area contributed by atoms with E-state index in [0.29, 0.717) is 4.34 Å². The number of hydrogen-bond acceptors (Lipinski definition) is 4. The second kappa shape index (κ2) is 4.61. The lowest BCUT2D eigenvalue weighted by Gasteiger charge is -2.29. The lowest BCUT2D eigenvalue weighted by molar-refractivity contribution is 0.0898. The van der Waals surface area contributed by atoms with Gasteiger partial charge in [-0.3, -0.25) is 4.79 Å². The van der Waals surface area contributed by atoms with E-state index in [2.05, 4.69) is 10.2 Å². The predicted octanol–water partition coefficient (Wildman–Crippen LogP) is 1.49. The molecule has 15 heavy (non-hydrogen) atoms. The van der Waals surface area contributed by atoms with E-state index in [1.807, 2.05) is 7.05 Å². The molecular weight excluding hydrogens is 232 g/mol. The molecule has 82 valence electrons. The highest BCUT2D eigenvalue weighted by Gasteiger charge is 2.25. The number of Topliss-reactive ketones (excluding diaryl/α,β-unsaturated/α-hetero) is 1. The van der Waals surface area contributed by atoms with E-state index in [-0.39, 0.29) is 11.8 Å². The van der Waals surface area contributed by atoms with Gasteiger partial charge in [-0.15, -0.1) is 11.3 Å². The molecule has 0 amide bonds. The van der Waals surface area contributed by atoms with Crippen molar-refractivity contribution in [3.8, 4) is 0 Å². The molecule has 2 rings (SSSR count). The van der Waals surface area contributed by atoms with Crippen molar-refractivity contribution in [2.75, 3.05) is 26.7 Å². The Labute approximate surface area is 98.0 Å². The summed E-state index contributed by atoms with van der Waals surface area (Å²) in [6.07, 6.45) is 0. The first-order chi connectivity index (χ1) is 7.16. The van der Waals surface area contributed by atoms with Gasteiger partial charge in [-0.2, -0.15) is 0 Å². The number of halogens is 1. The van der Waals surface area contributed by atoms with Crippen LogP contribution in [-0.2, 0) is 0 Å². The second-order valence-electron chi connectivity index (χ2n) is 3.74. The topological polar surface area (TPSA) is 32.3 Å². The zero-order valence-corrected chi connectivity index (χ0v) is 10.1. The van der Waals surface area contributed by atoms with Crippen LogP contribution in [0, 0.1) is 0 Å². The molecule has 3 nitrogen and oxygen atoms in total. The largest absolute Gasteiger partial charge is 0.305 e. The number of thiophene rings is 1. The quantitative estimate of drug-likeness (QED) is 0.800. The van der Waals surface area contributed by atoms with Gasteiger partial charge in [0.15, 0.2) is 5.78 Å². The lowest BCUT2D eigenvalue weighted by atomic mass is 10.1. The molecule has 5 heteroatoms. The maximum absolute atomic E-state index is 12.0. The summed E-state index contributed by atoms with van der Waals surface area (Å²) in [5.41, 5.74) is 0. The molecule has 2 heterocycles. The lowest BCUT2D eigenvalue weighted by Crippen LogP contribution is -2.52. The summed E-state index contributed by atoms with van der Waals surface area (Å²) >= 11 is 7.16. The molecule has 1 atom stereocenters.